The fourth-order valence-corrected chi connectivity index (χ4v) is 1.53. The summed E-state index contributed by atoms with van der Waals surface area (Å²) in [5, 5.41) is 2.47. The lowest BCUT2D eigenvalue weighted by atomic mass is 10.3. The summed E-state index contributed by atoms with van der Waals surface area (Å²) >= 11 is 11.3. The maximum Gasteiger partial charge on any atom is 0.272 e. The van der Waals surface area contributed by atoms with E-state index < -0.39 is 17.8 Å². The molecule has 0 aliphatic rings. The molecular formula is C10H5Cl2F2N3O. The molecule has 18 heavy (non-hydrogen) atoms. The number of hydrogen-bond donors (Lipinski definition) is 2. The number of rotatable bonds is 2. The molecule has 2 aromatic heterocycles. The van der Waals surface area contributed by atoms with E-state index in [1.54, 1.807) is 0 Å². The predicted octanol–water partition coefficient (Wildman–Crippen LogP) is 3.25. The molecule has 2 rings (SSSR count). The van der Waals surface area contributed by atoms with Crippen molar-refractivity contribution in [3.63, 3.8) is 0 Å². The number of carbonyl (C=O) groups excluding carboxylic acids is 1. The minimum atomic E-state index is -1.12. The van der Waals surface area contributed by atoms with E-state index in [0.717, 1.165) is 12.1 Å². The highest BCUT2D eigenvalue weighted by Gasteiger charge is 2.14. The second-order valence-corrected chi connectivity index (χ2v) is 4.06. The van der Waals surface area contributed by atoms with Gasteiger partial charge in [0.05, 0.1) is 10.7 Å². The van der Waals surface area contributed by atoms with Crippen LogP contribution in [0.15, 0.2) is 18.2 Å². The van der Waals surface area contributed by atoms with Crippen molar-refractivity contribution < 1.29 is 13.6 Å². The fraction of sp³-hybridized carbons (Fsp3) is 0. The van der Waals surface area contributed by atoms with Crippen molar-refractivity contribution in [3.05, 3.63) is 46.0 Å². The number of carbonyl (C=O) groups is 1. The third-order valence-corrected chi connectivity index (χ3v) is 2.73. The van der Waals surface area contributed by atoms with E-state index >= 15 is 0 Å². The number of halogens is 4. The lowest BCUT2D eigenvalue weighted by Crippen LogP contribution is -2.14. The first-order valence-electron chi connectivity index (χ1n) is 4.65. The van der Waals surface area contributed by atoms with Gasteiger partial charge in [-0.3, -0.25) is 4.79 Å². The Morgan fingerprint density at radius 1 is 1.33 bits per heavy atom. The van der Waals surface area contributed by atoms with Crippen LogP contribution in [0.5, 0.6) is 0 Å². The summed E-state index contributed by atoms with van der Waals surface area (Å²) in [6.45, 7) is 0. The number of aromatic nitrogens is 2. The molecule has 8 heteroatoms. The summed E-state index contributed by atoms with van der Waals surface area (Å²) < 4.78 is 25.7. The Morgan fingerprint density at radius 3 is 2.61 bits per heavy atom. The Kier molecular flexibility index (Phi) is 3.49. The van der Waals surface area contributed by atoms with Gasteiger partial charge in [-0.25, -0.2) is 0 Å². The van der Waals surface area contributed by atoms with Crippen LogP contribution in [0.4, 0.5) is 14.5 Å². The zero-order valence-electron chi connectivity index (χ0n) is 8.60. The third-order valence-electron chi connectivity index (χ3n) is 2.03. The van der Waals surface area contributed by atoms with Crippen LogP contribution in [-0.4, -0.2) is 15.9 Å². The topological polar surface area (TPSA) is 57.8 Å². The van der Waals surface area contributed by atoms with Gasteiger partial charge in [0.2, 0.25) is 11.9 Å². The molecule has 2 heterocycles. The fourth-order valence-electron chi connectivity index (χ4n) is 1.22. The number of H-pyrrole nitrogens is 1. The van der Waals surface area contributed by atoms with Gasteiger partial charge in [-0.2, -0.15) is 13.8 Å². The third kappa shape index (κ3) is 2.60. The molecule has 0 radical (unpaired) electrons. The van der Waals surface area contributed by atoms with Gasteiger partial charge >= 0.3 is 0 Å². The molecule has 0 aliphatic heterocycles. The van der Waals surface area contributed by atoms with E-state index in [4.69, 9.17) is 23.2 Å². The van der Waals surface area contributed by atoms with Gasteiger partial charge in [-0.15, -0.1) is 0 Å². The molecule has 0 bridgehead atoms. The van der Waals surface area contributed by atoms with Gasteiger partial charge in [0.25, 0.3) is 5.91 Å². The molecule has 2 aromatic rings. The molecule has 0 atom stereocenters. The average Bonchev–Trinajstić information content (AvgIpc) is 2.63. The van der Waals surface area contributed by atoms with Crippen LogP contribution in [0.2, 0.25) is 10.2 Å². The second-order valence-electron chi connectivity index (χ2n) is 3.27. The Bertz CT molecular complexity index is 596. The van der Waals surface area contributed by atoms with Crippen LogP contribution in [-0.2, 0) is 0 Å². The first-order valence-corrected chi connectivity index (χ1v) is 5.40. The largest absolute Gasteiger partial charge is 0.340 e. The van der Waals surface area contributed by atoms with E-state index in [2.05, 4.69) is 15.3 Å². The van der Waals surface area contributed by atoms with Crippen molar-refractivity contribution in [2.75, 3.05) is 5.32 Å². The maximum absolute atomic E-state index is 13.2. The van der Waals surface area contributed by atoms with Gasteiger partial charge in [-0.05, 0) is 18.2 Å². The van der Waals surface area contributed by atoms with Crippen LogP contribution in [0.1, 0.15) is 10.5 Å². The molecule has 1 amide bonds. The van der Waals surface area contributed by atoms with E-state index in [1.807, 2.05) is 0 Å². The predicted molar refractivity (Wildman–Crippen MR) is 62.9 cm³/mol. The van der Waals surface area contributed by atoms with Crippen molar-refractivity contribution in [2.45, 2.75) is 0 Å². The molecule has 0 unspecified atom stereocenters. The zero-order chi connectivity index (χ0) is 13.3. The number of nitrogens with one attached hydrogen (secondary N) is 2. The molecule has 0 fully saturated rings. The molecule has 4 nitrogen and oxygen atoms in total. The molecule has 0 aliphatic carbocycles. The van der Waals surface area contributed by atoms with Crippen LogP contribution < -0.4 is 5.32 Å². The quantitative estimate of drug-likeness (QED) is 0.835. The summed E-state index contributed by atoms with van der Waals surface area (Å²) in [5.41, 5.74) is -0.197. The molecule has 0 spiro atoms. The summed E-state index contributed by atoms with van der Waals surface area (Å²) in [7, 11) is 0. The van der Waals surface area contributed by atoms with Crippen molar-refractivity contribution in [1.29, 1.82) is 0 Å². The number of pyridine rings is 1. The van der Waals surface area contributed by atoms with Gasteiger partial charge in [0.1, 0.15) is 10.8 Å². The van der Waals surface area contributed by atoms with Crippen molar-refractivity contribution in [2.24, 2.45) is 0 Å². The SMILES string of the molecule is O=C(Nc1ccc(F)nc1F)c1cc(Cl)c(Cl)[nH]1. The van der Waals surface area contributed by atoms with Crippen LogP contribution in [0.3, 0.4) is 0 Å². The molecule has 94 valence electrons. The van der Waals surface area contributed by atoms with Gasteiger partial charge in [0, 0.05) is 0 Å². The molecular weight excluding hydrogens is 287 g/mol. The smallest absolute Gasteiger partial charge is 0.272 e. The first kappa shape index (κ1) is 12.8. The average molecular weight is 292 g/mol. The van der Waals surface area contributed by atoms with Crippen molar-refractivity contribution >= 4 is 34.8 Å². The van der Waals surface area contributed by atoms with Gasteiger partial charge in [0.15, 0.2) is 0 Å². The molecule has 0 saturated heterocycles. The highest BCUT2D eigenvalue weighted by Crippen LogP contribution is 2.22. The van der Waals surface area contributed by atoms with E-state index in [-0.39, 0.29) is 21.6 Å². The minimum Gasteiger partial charge on any atom is -0.340 e. The molecule has 2 N–H and O–H groups in total. The summed E-state index contributed by atoms with van der Waals surface area (Å²) in [6, 6.07) is 3.27. The van der Waals surface area contributed by atoms with E-state index in [1.165, 1.54) is 6.07 Å². The van der Waals surface area contributed by atoms with Gasteiger partial charge < -0.3 is 10.3 Å². The Morgan fingerprint density at radius 2 is 2.06 bits per heavy atom. The van der Waals surface area contributed by atoms with E-state index in [9.17, 15) is 13.6 Å². The number of aromatic amines is 1. The standard InChI is InChI=1S/C10H5Cl2F2N3O/c11-4-3-6(15-8(4)12)10(18)16-5-1-2-7(13)17-9(5)14/h1-3,15H,(H,16,18). The Balaban J connectivity index is 2.21. The maximum atomic E-state index is 13.2. The lowest BCUT2D eigenvalue weighted by molar-refractivity contribution is 0.102. The molecule has 0 aromatic carbocycles. The van der Waals surface area contributed by atoms with Crippen LogP contribution in [0.25, 0.3) is 0 Å². The summed E-state index contributed by atoms with van der Waals surface area (Å²) in [5.74, 6) is -2.76. The highest BCUT2D eigenvalue weighted by atomic mass is 35.5. The number of anilines is 1. The normalized spacial score (nSPS) is 10.4. The first-order chi connectivity index (χ1) is 8.47. The summed E-state index contributed by atoms with van der Waals surface area (Å²) in [4.78, 5) is 17.1. The number of nitrogens with zero attached hydrogens (tertiary/aromatic N) is 1. The number of amides is 1. The zero-order valence-corrected chi connectivity index (χ0v) is 10.1. The monoisotopic (exact) mass is 291 g/mol. The van der Waals surface area contributed by atoms with Gasteiger partial charge in [-0.1, -0.05) is 23.2 Å². The Hall–Kier alpha value is -1.66. The minimum absolute atomic E-state index is 0.0497. The van der Waals surface area contributed by atoms with Crippen LogP contribution >= 0.6 is 23.2 Å². The van der Waals surface area contributed by atoms with Crippen molar-refractivity contribution in [3.8, 4) is 0 Å². The number of hydrogen-bond acceptors (Lipinski definition) is 2. The Labute approximate surface area is 110 Å². The van der Waals surface area contributed by atoms with Crippen LogP contribution in [0, 0.1) is 11.9 Å². The second kappa shape index (κ2) is 4.91. The van der Waals surface area contributed by atoms with Crippen molar-refractivity contribution in [1.82, 2.24) is 9.97 Å². The van der Waals surface area contributed by atoms with E-state index in [0.29, 0.717) is 0 Å². The highest BCUT2D eigenvalue weighted by molar-refractivity contribution is 6.41. The molecule has 0 saturated carbocycles. The summed E-state index contributed by atoms with van der Waals surface area (Å²) in [6.07, 6.45) is 0. The lowest BCUT2D eigenvalue weighted by Gasteiger charge is -2.03.